The van der Waals surface area contributed by atoms with Gasteiger partial charge < -0.3 is 13.9 Å². The Morgan fingerprint density at radius 1 is 1.03 bits per heavy atom. The van der Waals surface area contributed by atoms with E-state index in [1.165, 1.54) is 11.3 Å². The number of hydrogen-bond acceptors (Lipinski definition) is 8. The van der Waals surface area contributed by atoms with Gasteiger partial charge in [0.05, 0.1) is 12.8 Å². The summed E-state index contributed by atoms with van der Waals surface area (Å²) in [4.78, 5) is 17.4. The highest BCUT2D eigenvalue weighted by Crippen LogP contribution is 2.30. The molecule has 4 aromatic rings. The van der Waals surface area contributed by atoms with Crippen LogP contribution >= 0.6 is 11.3 Å². The van der Waals surface area contributed by atoms with Crippen LogP contribution in [-0.2, 0) is 11.3 Å². The molecule has 0 saturated heterocycles. The molecule has 4 rings (SSSR count). The molecule has 29 heavy (non-hydrogen) atoms. The van der Waals surface area contributed by atoms with Crippen LogP contribution in [0, 0.1) is 6.92 Å². The van der Waals surface area contributed by atoms with E-state index in [1.54, 1.807) is 14.0 Å². The average Bonchev–Trinajstić information content (AvgIpc) is 3.40. The lowest BCUT2D eigenvalue weighted by Gasteiger charge is -2.00. The van der Waals surface area contributed by atoms with Crippen molar-refractivity contribution in [2.24, 2.45) is 0 Å². The minimum absolute atomic E-state index is 0.103. The molecule has 0 bridgehead atoms. The molecule has 2 aromatic heterocycles. The maximum Gasteiger partial charge on any atom is 0.350 e. The topological polar surface area (TPSA) is 87.3 Å². The molecule has 0 atom stereocenters. The molecule has 7 nitrogen and oxygen atoms in total. The summed E-state index contributed by atoms with van der Waals surface area (Å²) in [5.74, 6) is 0.900. The Hall–Kier alpha value is -3.52. The molecule has 0 fully saturated rings. The zero-order chi connectivity index (χ0) is 20.2. The van der Waals surface area contributed by atoms with Crippen LogP contribution < -0.4 is 4.74 Å². The van der Waals surface area contributed by atoms with E-state index in [4.69, 9.17) is 13.9 Å². The Morgan fingerprint density at radius 2 is 1.79 bits per heavy atom. The van der Waals surface area contributed by atoms with Crippen LogP contribution in [0.3, 0.4) is 0 Å². The lowest BCUT2D eigenvalue weighted by Crippen LogP contribution is -2.05. The molecule has 0 radical (unpaired) electrons. The second kappa shape index (κ2) is 8.24. The summed E-state index contributed by atoms with van der Waals surface area (Å²) in [5, 5.41) is 8.65. The summed E-state index contributed by atoms with van der Waals surface area (Å²) >= 11 is 1.28. The van der Waals surface area contributed by atoms with Crippen molar-refractivity contribution in [1.82, 2.24) is 15.2 Å². The molecule has 0 aliphatic carbocycles. The van der Waals surface area contributed by atoms with Gasteiger partial charge in [0.1, 0.15) is 15.6 Å². The predicted octanol–water partition coefficient (Wildman–Crippen LogP) is 4.53. The normalized spacial score (nSPS) is 10.7. The van der Waals surface area contributed by atoms with Crippen LogP contribution in [-0.4, -0.2) is 28.3 Å². The Morgan fingerprint density at radius 3 is 2.52 bits per heavy atom. The number of carbonyl (C=O) groups excluding carboxylic acids is 1. The quantitative estimate of drug-likeness (QED) is 0.434. The smallest absolute Gasteiger partial charge is 0.350 e. The van der Waals surface area contributed by atoms with Gasteiger partial charge in [0.15, 0.2) is 6.61 Å². The summed E-state index contributed by atoms with van der Waals surface area (Å²) in [5.41, 5.74) is 2.32. The molecule has 146 valence electrons. The second-order valence-electron chi connectivity index (χ2n) is 6.11. The third kappa shape index (κ3) is 4.17. The van der Waals surface area contributed by atoms with Crippen molar-refractivity contribution in [3.63, 3.8) is 0 Å². The number of ether oxygens (including phenoxy) is 2. The summed E-state index contributed by atoms with van der Waals surface area (Å²) in [7, 11) is 1.61. The third-order valence-corrected chi connectivity index (χ3v) is 5.32. The van der Waals surface area contributed by atoms with Crippen LogP contribution in [0.1, 0.15) is 21.3 Å². The van der Waals surface area contributed by atoms with E-state index in [-0.39, 0.29) is 12.5 Å². The van der Waals surface area contributed by atoms with Gasteiger partial charge in [-0.05, 0) is 43.3 Å². The number of rotatable bonds is 6. The molecule has 0 amide bonds. The zero-order valence-electron chi connectivity index (χ0n) is 15.8. The largest absolute Gasteiger partial charge is 0.497 e. The van der Waals surface area contributed by atoms with E-state index >= 15 is 0 Å². The Kier molecular flexibility index (Phi) is 5.35. The van der Waals surface area contributed by atoms with Crippen molar-refractivity contribution in [2.45, 2.75) is 13.5 Å². The van der Waals surface area contributed by atoms with Crippen LogP contribution in [0.15, 0.2) is 59.0 Å². The molecule has 0 saturated carbocycles. The fourth-order valence-corrected chi connectivity index (χ4v) is 3.61. The number of aromatic nitrogens is 3. The Labute approximate surface area is 171 Å². The lowest BCUT2D eigenvalue weighted by atomic mass is 10.2. The molecule has 0 aliphatic heterocycles. The van der Waals surface area contributed by atoms with Crippen molar-refractivity contribution >= 4 is 17.3 Å². The van der Waals surface area contributed by atoms with E-state index in [0.717, 1.165) is 21.9 Å². The van der Waals surface area contributed by atoms with Gasteiger partial charge in [0.2, 0.25) is 5.89 Å². The first kappa shape index (κ1) is 18.8. The standard InChI is InChI=1S/C21H17N3O4S/c1-13-18(29-20(22-13)15-8-10-16(26-2)11-9-15)21(25)27-12-17-23-24-19(28-17)14-6-4-3-5-7-14/h3-11H,12H2,1-2H3. The Balaban J connectivity index is 1.44. The Bertz CT molecular complexity index is 1120. The van der Waals surface area contributed by atoms with Gasteiger partial charge in [0.25, 0.3) is 5.89 Å². The highest BCUT2D eigenvalue weighted by Gasteiger charge is 2.19. The number of esters is 1. The number of nitrogens with zero attached hydrogens (tertiary/aromatic N) is 3. The molecule has 2 aromatic carbocycles. The van der Waals surface area contributed by atoms with Gasteiger partial charge in [-0.2, -0.15) is 0 Å². The van der Waals surface area contributed by atoms with Gasteiger partial charge in [0, 0.05) is 11.1 Å². The highest BCUT2D eigenvalue weighted by atomic mass is 32.1. The van der Waals surface area contributed by atoms with Crippen LogP contribution in [0.2, 0.25) is 0 Å². The van der Waals surface area contributed by atoms with Gasteiger partial charge in [-0.3, -0.25) is 0 Å². The minimum atomic E-state index is -0.473. The molecule has 0 aliphatic rings. The molecular formula is C21H17N3O4S. The fourth-order valence-electron chi connectivity index (χ4n) is 2.65. The van der Waals surface area contributed by atoms with Crippen molar-refractivity contribution in [3.05, 3.63) is 71.1 Å². The highest BCUT2D eigenvalue weighted by molar-refractivity contribution is 7.17. The third-order valence-electron chi connectivity index (χ3n) is 4.13. The summed E-state index contributed by atoms with van der Waals surface area (Å²) in [6, 6.07) is 16.9. The molecule has 0 N–H and O–H groups in total. The van der Waals surface area contributed by atoms with E-state index in [0.29, 0.717) is 16.5 Å². The first-order valence-corrected chi connectivity index (χ1v) is 9.62. The van der Waals surface area contributed by atoms with Crippen molar-refractivity contribution < 1.29 is 18.7 Å². The number of carbonyl (C=O) groups is 1. The average molecular weight is 407 g/mol. The van der Waals surface area contributed by atoms with Gasteiger partial charge in [-0.25, -0.2) is 9.78 Å². The maximum absolute atomic E-state index is 12.5. The van der Waals surface area contributed by atoms with Gasteiger partial charge >= 0.3 is 5.97 Å². The monoisotopic (exact) mass is 407 g/mol. The number of methoxy groups -OCH3 is 1. The van der Waals surface area contributed by atoms with Crippen LogP contribution in [0.4, 0.5) is 0 Å². The second-order valence-corrected chi connectivity index (χ2v) is 7.10. The van der Waals surface area contributed by atoms with Gasteiger partial charge in [-0.1, -0.05) is 18.2 Å². The molecule has 2 heterocycles. The van der Waals surface area contributed by atoms with E-state index in [1.807, 2.05) is 54.6 Å². The first-order valence-electron chi connectivity index (χ1n) is 8.81. The van der Waals surface area contributed by atoms with Gasteiger partial charge in [-0.15, -0.1) is 21.5 Å². The van der Waals surface area contributed by atoms with Crippen molar-refractivity contribution in [1.29, 1.82) is 0 Å². The minimum Gasteiger partial charge on any atom is -0.497 e. The van der Waals surface area contributed by atoms with Crippen molar-refractivity contribution in [3.8, 4) is 27.8 Å². The SMILES string of the molecule is COc1ccc(-c2nc(C)c(C(=O)OCc3nnc(-c4ccccc4)o3)s2)cc1. The molecule has 0 unspecified atom stereocenters. The maximum atomic E-state index is 12.5. The van der Waals surface area contributed by atoms with E-state index in [9.17, 15) is 4.79 Å². The van der Waals surface area contributed by atoms with Crippen LogP contribution in [0.25, 0.3) is 22.0 Å². The summed E-state index contributed by atoms with van der Waals surface area (Å²) in [6.45, 7) is 1.67. The molecule has 0 spiro atoms. The predicted molar refractivity (Wildman–Crippen MR) is 108 cm³/mol. The number of benzene rings is 2. The van der Waals surface area contributed by atoms with E-state index in [2.05, 4.69) is 15.2 Å². The summed E-state index contributed by atoms with van der Waals surface area (Å²) in [6.07, 6.45) is 0. The lowest BCUT2D eigenvalue weighted by molar-refractivity contribution is 0.0443. The summed E-state index contributed by atoms with van der Waals surface area (Å²) < 4.78 is 16.1. The van der Waals surface area contributed by atoms with Crippen LogP contribution in [0.5, 0.6) is 5.75 Å². The number of hydrogen-bond donors (Lipinski definition) is 0. The van der Waals surface area contributed by atoms with E-state index < -0.39 is 5.97 Å². The number of thiazole rings is 1. The fraction of sp³-hybridized carbons (Fsp3) is 0.143. The molecular weight excluding hydrogens is 390 g/mol. The zero-order valence-corrected chi connectivity index (χ0v) is 16.6. The number of aryl methyl sites for hydroxylation is 1. The first-order chi connectivity index (χ1) is 14.1. The van der Waals surface area contributed by atoms with Crippen molar-refractivity contribution in [2.75, 3.05) is 7.11 Å². The molecule has 8 heteroatoms.